The van der Waals surface area contributed by atoms with E-state index in [-0.39, 0.29) is 5.91 Å². The second-order valence-electron chi connectivity index (χ2n) is 10.9. The highest BCUT2D eigenvalue weighted by Gasteiger charge is 2.18. The number of carbonyl (C=O) groups excluding carboxylic acids is 2. The lowest BCUT2D eigenvalue weighted by Gasteiger charge is -2.21. The minimum absolute atomic E-state index is 0.162. The summed E-state index contributed by atoms with van der Waals surface area (Å²) in [7, 11) is 0. The third-order valence-electron chi connectivity index (χ3n) is 6.58. The van der Waals surface area contributed by atoms with Gasteiger partial charge >= 0.3 is 6.09 Å². The molecule has 208 valence electrons. The fourth-order valence-electron chi connectivity index (χ4n) is 4.72. The highest BCUT2D eigenvalue weighted by molar-refractivity contribution is 5.94. The van der Waals surface area contributed by atoms with Gasteiger partial charge in [-0.1, -0.05) is 31.0 Å². The monoisotopic (exact) mass is 532 g/mol. The Bertz CT molecular complexity index is 1270. The molecule has 0 radical (unpaired) electrons. The molecule has 0 atom stereocenters. The number of unbranched alkanes of at least 4 members (excludes halogenated alkanes) is 3. The lowest BCUT2D eigenvalue weighted by molar-refractivity contribution is 0.0540. The number of rotatable bonds is 11. The molecule has 0 spiro atoms. The smallest absolute Gasteiger partial charge is 0.426 e. The van der Waals surface area contributed by atoms with Crippen LogP contribution in [0.3, 0.4) is 0 Å². The molecule has 1 aliphatic rings. The molecule has 4 N–H and O–H groups in total. The van der Waals surface area contributed by atoms with Crippen LogP contribution >= 0.6 is 0 Å². The van der Waals surface area contributed by atoms with Crippen molar-refractivity contribution in [2.24, 2.45) is 0 Å². The van der Waals surface area contributed by atoms with Crippen LogP contribution in [-0.4, -0.2) is 40.7 Å². The Kier molecular flexibility index (Phi) is 9.57. The van der Waals surface area contributed by atoms with Gasteiger partial charge in [-0.3, -0.25) is 15.2 Å². The van der Waals surface area contributed by atoms with Crippen LogP contribution in [0, 0.1) is 0 Å². The zero-order chi connectivity index (χ0) is 27.7. The molecule has 0 saturated heterocycles. The van der Waals surface area contributed by atoms with E-state index in [1.165, 1.54) is 41.4 Å². The number of hydrogen-bond donors (Lipinski definition) is 4. The number of hydrazine groups is 1. The number of aryl methyl sites for hydroxylation is 1. The Morgan fingerprint density at radius 3 is 2.49 bits per heavy atom. The maximum absolute atomic E-state index is 12.4. The molecule has 2 amide bonds. The fourth-order valence-corrected chi connectivity index (χ4v) is 4.72. The number of amides is 2. The summed E-state index contributed by atoms with van der Waals surface area (Å²) in [6.45, 7) is 6.90. The number of para-hydroxylation sites is 1. The van der Waals surface area contributed by atoms with Gasteiger partial charge in [-0.25, -0.2) is 15.2 Å². The van der Waals surface area contributed by atoms with Gasteiger partial charge in [-0.2, -0.15) is 0 Å². The minimum Gasteiger partial charge on any atom is -0.443 e. The first-order valence-electron chi connectivity index (χ1n) is 13.9. The molecule has 0 aliphatic heterocycles. The molecule has 0 bridgehead atoms. The van der Waals surface area contributed by atoms with E-state index in [0.717, 1.165) is 50.6 Å². The van der Waals surface area contributed by atoms with Gasteiger partial charge in [0.25, 0.3) is 5.91 Å². The molecule has 9 heteroatoms. The van der Waals surface area contributed by atoms with Gasteiger partial charge in [0.15, 0.2) is 0 Å². The summed E-state index contributed by atoms with van der Waals surface area (Å²) in [6.07, 6.45) is 9.65. The van der Waals surface area contributed by atoms with Gasteiger partial charge < -0.3 is 15.4 Å². The number of pyridine rings is 2. The largest absolute Gasteiger partial charge is 0.443 e. The first kappa shape index (κ1) is 28.1. The summed E-state index contributed by atoms with van der Waals surface area (Å²) in [5.74, 6) is 0.247. The maximum atomic E-state index is 12.4. The van der Waals surface area contributed by atoms with Crippen molar-refractivity contribution < 1.29 is 14.3 Å². The quantitative estimate of drug-likeness (QED) is 0.183. The Balaban J connectivity index is 1.13. The molecule has 2 aromatic heterocycles. The van der Waals surface area contributed by atoms with Crippen LogP contribution in [0.1, 0.15) is 80.9 Å². The van der Waals surface area contributed by atoms with Crippen LogP contribution in [0.25, 0.3) is 10.9 Å². The van der Waals surface area contributed by atoms with E-state index in [1.807, 2.05) is 0 Å². The number of aromatic nitrogens is 2. The minimum atomic E-state index is -0.605. The van der Waals surface area contributed by atoms with Crippen LogP contribution < -0.4 is 21.5 Å². The highest BCUT2D eigenvalue weighted by atomic mass is 16.6. The van der Waals surface area contributed by atoms with Crippen LogP contribution in [0.4, 0.5) is 16.3 Å². The van der Waals surface area contributed by atoms with Crippen molar-refractivity contribution in [3.63, 3.8) is 0 Å². The highest BCUT2D eigenvalue weighted by Crippen LogP contribution is 2.33. The summed E-state index contributed by atoms with van der Waals surface area (Å²) in [5, 5.41) is 7.90. The number of anilines is 2. The molecule has 2 heterocycles. The van der Waals surface area contributed by atoms with Crippen molar-refractivity contribution in [1.29, 1.82) is 0 Å². The summed E-state index contributed by atoms with van der Waals surface area (Å²) in [4.78, 5) is 33.2. The summed E-state index contributed by atoms with van der Waals surface area (Å²) in [6, 6.07) is 11.7. The predicted molar refractivity (Wildman–Crippen MR) is 155 cm³/mol. The van der Waals surface area contributed by atoms with Crippen molar-refractivity contribution in [1.82, 2.24) is 20.7 Å². The van der Waals surface area contributed by atoms with Crippen LogP contribution in [0.5, 0.6) is 0 Å². The molecule has 0 fully saturated rings. The number of benzene rings is 1. The molecule has 9 nitrogen and oxygen atoms in total. The van der Waals surface area contributed by atoms with Crippen molar-refractivity contribution in [3.8, 4) is 0 Å². The van der Waals surface area contributed by atoms with E-state index >= 15 is 0 Å². The van der Waals surface area contributed by atoms with Crippen molar-refractivity contribution in [2.45, 2.75) is 77.7 Å². The maximum Gasteiger partial charge on any atom is 0.426 e. The second kappa shape index (κ2) is 13.3. The Morgan fingerprint density at radius 2 is 1.72 bits per heavy atom. The molecule has 1 aromatic carbocycles. The third-order valence-corrected chi connectivity index (χ3v) is 6.58. The van der Waals surface area contributed by atoms with E-state index in [4.69, 9.17) is 9.72 Å². The summed E-state index contributed by atoms with van der Waals surface area (Å²) >= 11 is 0. The number of ether oxygens (including phenoxy) is 1. The standard InChI is InChI=1S/C30H40N6O3/c1-30(2,3)39-29(38)36-35-26-17-16-21(20-33-26)28(37)32-19-11-5-4-10-18-31-27-22-12-6-8-14-24(22)34-25-15-9-7-13-23(25)27/h6,8,12,14,16-17,20H,4-5,7,9-11,13,15,18-19H2,1-3H3,(H,31,34)(H,32,37)(H,33,35)(H,36,38). The molecule has 3 aromatic rings. The topological polar surface area (TPSA) is 117 Å². The van der Waals surface area contributed by atoms with Crippen LogP contribution in [0.2, 0.25) is 0 Å². The number of hydrogen-bond acceptors (Lipinski definition) is 7. The van der Waals surface area contributed by atoms with Gasteiger partial charge in [-0.15, -0.1) is 0 Å². The van der Waals surface area contributed by atoms with Crippen LogP contribution in [0.15, 0.2) is 42.6 Å². The zero-order valence-electron chi connectivity index (χ0n) is 23.2. The van der Waals surface area contributed by atoms with Crippen LogP contribution in [-0.2, 0) is 17.6 Å². The molecule has 1 aliphatic carbocycles. The lowest BCUT2D eigenvalue weighted by Crippen LogP contribution is -2.36. The fraction of sp³-hybridized carbons (Fsp3) is 0.467. The number of nitrogens with one attached hydrogen (secondary N) is 4. The summed E-state index contributed by atoms with van der Waals surface area (Å²) in [5.41, 5.74) is 9.98. The van der Waals surface area contributed by atoms with Crippen molar-refractivity contribution >= 4 is 34.4 Å². The number of carbonyl (C=O) groups is 2. The van der Waals surface area contributed by atoms with Crippen molar-refractivity contribution in [3.05, 3.63) is 59.4 Å². The van der Waals surface area contributed by atoms with E-state index in [1.54, 1.807) is 32.9 Å². The lowest BCUT2D eigenvalue weighted by atomic mass is 9.92. The van der Waals surface area contributed by atoms with Gasteiger partial charge in [-0.05, 0) is 83.1 Å². The van der Waals surface area contributed by atoms with Gasteiger partial charge in [0.05, 0.1) is 11.1 Å². The molecule has 39 heavy (non-hydrogen) atoms. The van der Waals surface area contributed by atoms with E-state index < -0.39 is 11.7 Å². The number of fused-ring (bicyclic) bond motifs is 2. The third kappa shape index (κ3) is 8.30. The molecular formula is C30H40N6O3. The zero-order valence-corrected chi connectivity index (χ0v) is 23.2. The van der Waals surface area contributed by atoms with Gasteiger partial charge in [0.1, 0.15) is 11.4 Å². The SMILES string of the molecule is CC(C)(C)OC(=O)NNc1ccc(C(=O)NCCCCCCNc2c3c(nc4ccccc24)CCCC3)cn1. The normalized spacial score (nSPS) is 12.9. The van der Waals surface area contributed by atoms with Gasteiger partial charge in [0, 0.05) is 36.1 Å². The first-order chi connectivity index (χ1) is 18.8. The molecule has 0 saturated carbocycles. The van der Waals surface area contributed by atoms with Gasteiger partial charge in [0.2, 0.25) is 0 Å². The molecule has 4 rings (SSSR count). The van der Waals surface area contributed by atoms with Crippen molar-refractivity contribution in [2.75, 3.05) is 23.8 Å². The Labute approximate surface area is 230 Å². The Morgan fingerprint density at radius 1 is 0.949 bits per heavy atom. The molecular weight excluding hydrogens is 492 g/mol. The first-order valence-corrected chi connectivity index (χ1v) is 13.9. The average Bonchev–Trinajstić information content (AvgIpc) is 2.92. The average molecular weight is 533 g/mol. The Hall–Kier alpha value is -3.88. The van der Waals surface area contributed by atoms with E-state index in [2.05, 4.69) is 50.7 Å². The summed E-state index contributed by atoms with van der Waals surface area (Å²) < 4.78 is 5.15. The second-order valence-corrected chi connectivity index (χ2v) is 10.9. The number of nitrogens with zero attached hydrogens (tertiary/aromatic N) is 2. The predicted octanol–water partition coefficient (Wildman–Crippen LogP) is 5.76. The van der Waals surface area contributed by atoms with E-state index in [0.29, 0.717) is 17.9 Å². The molecule has 0 unspecified atom stereocenters. The van der Waals surface area contributed by atoms with E-state index in [9.17, 15) is 9.59 Å².